The normalized spacial score (nSPS) is 26.4. The number of hydrogen-bond acceptors (Lipinski definition) is 0. The van der Waals surface area contributed by atoms with Crippen molar-refractivity contribution < 1.29 is 0 Å². The van der Waals surface area contributed by atoms with Crippen molar-refractivity contribution >= 4 is 23.2 Å². The van der Waals surface area contributed by atoms with E-state index >= 15 is 0 Å². The summed E-state index contributed by atoms with van der Waals surface area (Å²) in [7, 11) is 0. The molecule has 2 atom stereocenters. The van der Waals surface area contributed by atoms with Crippen LogP contribution in [0.1, 0.15) is 49.1 Å². The zero-order valence-electron chi connectivity index (χ0n) is 9.68. The molecule has 1 aliphatic carbocycles. The average Bonchev–Trinajstić information content (AvgIpc) is 2.47. The van der Waals surface area contributed by atoms with E-state index in [2.05, 4.69) is 18.2 Å². The summed E-state index contributed by atoms with van der Waals surface area (Å²) in [5.74, 6) is 0.600. The molecule has 16 heavy (non-hydrogen) atoms. The molecule has 1 aromatic carbocycles. The Labute approximate surface area is 108 Å². The first-order valence-corrected chi connectivity index (χ1v) is 6.88. The quantitative estimate of drug-likeness (QED) is 0.472. The SMILES string of the molecule is Cc1ccc(C2CCCCC(Cl)C2)cc1Cl. The molecule has 0 spiro atoms. The lowest BCUT2D eigenvalue weighted by atomic mass is 9.91. The first-order valence-electron chi connectivity index (χ1n) is 6.07. The molecule has 1 saturated carbocycles. The second-order valence-electron chi connectivity index (χ2n) is 4.82. The topological polar surface area (TPSA) is 0 Å². The molecule has 0 aliphatic heterocycles. The van der Waals surface area contributed by atoms with Gasteiger partial charge >= 0.3 is 0 Å². The van der Waals surface area contributed by atoms with E-state index in [-0.39, 0.29) is 0 Å². The smallest absolute Gasteiger partial charge is 0.0438 e. The predicted octanol–water partition coefficient (Wildman–Crippen LogP) is 5.30. The number of rotatable bonds is 1. The Morgan fingerprint density at radius 3 is 2.69 bits per heavy atom. The monoisotopic (exact) mass is 256 g/mol. The number of halogens is 2. The highest BCUT2D eigenvalue weighted by Crippen LogP contribution is 2.35. The standard InChI is InChI=1S/C14H18Cl2/c1-10-6-7-12(9-14(10)16)11-4-2-3-5-13(15)8-11/h6-7,9,11,13H,2-5,8H2,1H3. The lowest BCUT2D eigenvalue weighted by Gasteiger charge is -2.17. The van der Waals surface area contributed by atoms with Crippen LogP contribution in [0.3, 0.4) is 0 Å². The Bertz CT molecular complexity index is 360. The maximum atomic E-state index is 6.30. The van der Waals surface area contributed by atoms with Crippen LogP contribution in [0.2, 0.25) is 5.02 Å². The van der Waals surface area contributed by atoms with Gasteiger partial charge in [0.1, 0.15) is 0 Å². The molecule has 0 radical (unpaired) electrons. The number of aryl methyl sites for hydroxylation is 1. The van der Waals surface area contributed by atoms with Gasteiger partial charge in [0.05, 0.1) is 0 Å². The summed E-state index contributed by atoms with van der Waals surface area (Å²) >= 11 is 12.5. The molecule has 0 nitrogen and oxygen atoms in total. The number of benzene rings is 1. The van der Waals surface area contributed by atoms with Gasteiger partial charge in [0.25, 0.3) is 0 Å². The maximum Gasteiger partial charge on any atom is 0.0438 e. The molecule has 2 unspecified atom stereocenters. The molecule has 0 saturated heterocycles. The van der Waals surface area contributed by atoms with Crippen molar-refractivity contribution in [1.82, 2.24) is 0 Å². The molecule has 88 valence electrons. The van der Waals surface area contributed by atoms with Crippen LogP contribution in [0, 0.1) is 6.92 Å². The van der Waals surface area contributed by atoms with Crippen LogP contribution < -0.4 is 0 Å². The minimum Gasteiger partial charge on any atom is -0.123 e. The summed E-state index contributed by atoms with van der Waals surface area (Å²) < 4.78 is 0. The molecule has 2 heteroatoms. The molecule has 0 bridgehead atoms. The van der Waals surface area contributed by atoms with Gasteiger partial charge in [0.2, 0.25) is 0 Å². The summed E-state index contributed by atoms with van der Waals surface area (Å²) in [4.78, 5) is 0. The molecule has 2 rings (SSSR count). The van der Waals surface area contributed by atoms with E-state index in [0.29, 0.717) is 11.3 Å². The minimum absolute atomic E-state index is 0.340. The second kappa shape index (κ2) is 5.42. The highest BCUT2D eigenvalue weighted by Gasteiger charge is 2.20. The fourth-order valence-corrected chi connectivity index (χ4v) is 3.03. The summed E-state index contributed by atoms with van der Waals surface area (Å²) in [6.45, 7) is 2.05. The van der Waals surface area contributed by atoms with Gasteiger partial charge < -0.3 is 0 Å². The van der Waals surface area contributed by atoms with Crippen LogP contribution in [0.15, 0.2) is 18.2 Å². The van der Waals surface area contributed by atoms with Crippen LogP contribution in [-0.4, -0.2) is 5.38 Å². The van der Waals surface area contributed by atoms with Crippen molar-refractivity contribution in [3.63, 3.8) is 0 Å². The van der Waals surface area contributed by atoms with Crippen molar-refractivity contribution in [1.29, 1.82) is 0 Å². The second-order valence-corrected chi connectivity index (χ2v) is 5.85. The molecule has 1 aliphatic rings. The number of alkyl halides is 1. The highest BCUT2D eigenvalue weighted by molar-refractivity contribution is 6.31. The fourth-order valence-electron chi connectivity index (χ4n) is 2.47. The molecule has 1 aromatic rings. The van der Waals surface area contributed by atoms with Crippen molar-refractivity contribution in [3.05, 3.63) is 34.3 Å². The van der Waals surface area contributed by atoms with Crippen LogP contribution in [0.4, 0.5) is 0 Å². The zero-order chi connectivity index (χ0) is 11.5. The van der Waals surface area contributed by atoms with Crippen LogP contribution in [0.25, 0.3) is 0 Å². The van der Waals surface area contributed by atoms with E-state index in [0.717, 1.165) is 23.4 Å². The van der Waals surface area contributed by atoms with Crippen LogP contribution in [-0.2, 0) is 0 Å². The molecule has 0 amide bonds. The first kappa shape index (κ1) is 12.3. The van der Waals surface area contributed by atoms with E-state index in [4.69, 9.17) is 23.2 Å². The van der Waals surface area contributed by atoms with Crippen molar-refractivity contribution in [2.45, 2.75) is 50.3 Å². The summed E-state index contributed by atoms with van der Waals surface area (Å²) in [6, 6.07) is 6.45. The third kappa shape index (κ3) is 2.93. The van der Waals surface area contributed by atoms with E-state index in [1.807, 2.05) is 6.92 Å². The zero-order valence-corrected chi connectivity index (χ0v) is 11.2. The lowest BCUT2D eigenvalue weighted by Crippen LogP contribution is -2.04. The van der Waals surface area contributed by atoms with Gasteiger partial charge in [-0.3, -0.25) is 0 Å². The largest absolute Gasteiger partial charge is 0.123 e. The van der Waals surface area contributed by atoms with Gasteiger partial charge in [0.15, 0.2) is 0 Å². The summed E-state index contributed by atoms with van der Waals surface area (Å²) in [6.07, 6.45) is 6.07. The molecule has 0 aromatic heterocycles. The van der Waals surface area contributed by atoms with Gasteiger partial charge in [-0.2, -0.15) is 0 Å². The minimum atomic E-state index is 0.340. The van der Waals surface area contributed by atoms with Crippen molar-refractivity contribution in [3.8, 4) is 0 Å². The predicted molar refractivity (Wildman–Crippen MR) is 71.7 cm³/mol. The Balaban J connectivity index is 2.18. The maximum absolute atomic E-state index is 6.30. The Hall–Kier alpha value is -0.200. The van der Waals surface area contributed by atoms with E-state index in [1.165, 1.54) is 24.8 Å². The van der Waals surface area contributed by atoms with Crippen LogP contribution in [0.5, 0.6) is 0 Å². The molecule has 0 heterocycles. The summed E-state index contributed by atoms with van der Waals surface area (Å²) in [5.41, 5.74) is 2.52. The van der Waals surface area contributed by atoms with Crippen molar-refractivity contribution in [2.24, 2.45) is 0 Å². The van der Waals surface area contributed by atoms with Gasteiger partial charge in [0, 0.05) is 10.4 Å². The van der Waals surface area contributed by atoms with E-state index in [1.54, 1.807) is 0 Å². The van der Waals surface area contributed by atoms with Crippen molar-refractivity contribution in [2.75, 3.05) is 0 Å². The van der Waals surface area contributed by atoms with Gasteiger partial charge in [-0.1, -0.05) is 36.6 Å². The fraction of sp³-hybridized carbons (Fsp3) is 0.571. The Kier molecular flexibility index (Phi) is 4.16. The average molecular weight is 257 g/mol. The van der Waals surface area contributed by atoms with Gasteiger partial charge in [-0.15, -0.1) is 11.6 Å². The highest BCUT2D eigenvalue weighted by atomic mass is 35.5. The first-order chi connectivity index (χ1) is 7.66. The number of hydrogen-bond donors (Lipinski definition) is 0. The third-order valence-electron chi connectivity index (χ3n) is 3.53. The molecule has 1 fully saturated rings. The van der Waals surface area contributed by atoms with Gasteiger partial charge in [-0.25, -0.2) is 0 Å². The lowest BCUT2D eigenvalue weighted by molar-refractivity contribution is 0.595. The Morgan fingerprint density at radius 2 is 1.94 bits per heavy atom. The van der Waals surface area contributed by atoms with E-state index in [9.17, 15) is 0 Å². The van der Waals surface area contributed by atoms with E-state index < -0.39 is 0 Å². The summed E-state index contributed by atoms with van der Waals surface area (Å²) in [5, 5.41) is 1.22. The van der Waals surface area contributed by atoms with Gasteiger partial charge in [-0.05, 0) is 49.3 Å². The Morgan fingerprint density at radius 1 is 1.19 bits per heavy atom. The third-order valence-corrected chi connectivity index (χ3v) is 4.33. The van der Waals surface area contributed by atoms with Crippen LogP contribution >= 0.6 is 23.2 Å². The molecular weight excluding hydrogens is 239 g/mol. The molecule has 0 N–H and O–H groups in total. The molecular formula is C14H18Cl2.